The lowest BCUT2D eigenvalue weighted by molar-refractivity contribution is 0.557. The van der Waals surface area contributed by atoms with Crippen LogP contribution in [0, 0.1) is 0 Å². The van der Waals surface area contributed by atoms with E-state index in [2.05, 4.69) is 4.99 Å². The second kappa shape index (κ2) is 2.49. The van der Waals surface area contributed by atoms with E-state index in [1.165, 1.54) is 0 Å². The van der Waals surface area contributed by atoms with E-state index in [1.54, 1.807) is 6.21 Å². The van der Waals surface area contributed by atoms with Crippen molar-refractivity contribution in [3.05, 3.63) is 24.2 Å². The summed E-state index contributed by atoms with van der Waals surface area (Å²) in [5, 5.41) is 0. The summed E-state index contributed by atoms with van der Waals surface area (Å²) >= 11 is 0. The molecule has 48 valence electrons. The molecule has 9 heavy (non-hydrogen) atoms. The molecule has 0 bridgehead atoms. The highest BCUT2D eigenvalue weighted by atomic mass is 15.2. The number of rotatable bonds is 0. The monoisotopic (exact) mass is 122 g/mol. The molecule has 2 nitrogen and oxygen atoms in total. The van der Waals surface area contributed by atoms with Crippen LogP contribution in [0.2, 0.25) is 0 Å². The van der Waals surface area contributed by atoms with Gasteiger partial charge in [0.1, 0.15) is 5.82 Å². The molecule has 2 heteroatoms. The van der Waals surface area contributed by atoms with Gasteiger partial charge >= 0.3 is 0 Å². The maximum Gasteiger partial charge on any atom is 0.127 e. The predicted octanol–water partition coefficient (Wildman–Crippen LogP) is 1.38. The molecule has 0 aromatic heterocycles. The van der Waals surface area contributed by atoms with Crippen LogP contribution in [0.15, 0.2) is 29.2 Å². The van der Waals surface area contributed by atoms with Crippen molar-refractivity contribution in [2.45, 2.75) is 6.92 Å². The zero-order chi connectivity index (χ0) is 6.69. The molecule has 0 N–H and O–H groups in total. The summed E-state index contributed by atoms with van der Waals surface area (Å²) in [5.74, 6) is 0.998. The summed E-state index contributed by atoms with van der Waals surface area (Å²) < 4.78 is 0. The predicted molar refractivity (Wildman–Crippen MR) is 39.2 cm³/mol. The Morgan fingerprint density at radius 1 is 1.67 bits per heavy atom. The molecule has 0 unspecified atom stereocenters. The molecular weight excluding hydrogens is 112 g/mol. The highest BCUT2D eigenvalue weighted by molar-refractivity contribution is 5.73. The molecule has 0 amide bonds. The maximum absolute atomic E-state index is 4.10. The lowest BCUT2D eigenvalue weighted by atomic mass is 10.5. The van der Waals surface area contributed by atoms with E-state index in [-0.39, 0.29) is 0 Å². The quantitative estimate of drug-likeness (QED) is 0.474. The van der Waals surface area contributed by atoms with Crippen molar-refractivity contribution in [3.8, 4) is 0 Å². The summed E-state index contributed by atoms with van der Waals surface area (Å²) in [4.78, 5) is 6.08. The first-order valence-electron chi connectivity index (χ1n) is 2.94. The highest BCUT2D eigenvalue weighted by Gasteiger charge is 1.97. The molecule has 0 spiro atoms. The third-order valence-electron chi connectivity index (χ3n) is 1.22. The molecule has 0 aromatic rings. The number of aliphatic imine (C=N–C) groups is 1. The molecule has 0 aromatic carbocycles. The number of hydrogen-bond donors (Lipinski definition) is 0. The lowest BCUT2D eigenvalue weighted by Gasteiger charge is -2.15. The lowest BCUT2D eigenvalue weighted by Crippen LogP contribution is -2.10. The van der Waals surface area contributed by atoms with Crippen LogP contribution in [0.25, 0.3) is 0 Å². The van der Waals surface area contributed by atoms with Gasteiger partial charge in [0.05, 0.1) is 0 Å². The Morgan fingerprint density at radius 3 is 2.89 bits per heavy atom. The van der Waals surface area contributed by atoms with Crippen LogP contribution in [0.3, 0.4) is 0 Å². The van der Waals surface area contributed by atoms with Gasteiger partial charge in [0.25, 0.3) is 0 Å². The van der Waals surface area contributed by atoms with Crippen LogP contribution in [-0.2, 0) is 0 Å². The van der Waals surface area contributed by atoms with Gasteiger partial charge in [0.2, 0.25) is 0 Å². The first-order chi connectivity index (χ1) is 4.34. The van der Waals surface area contributed by atoms with Crippen LogP contribution in [0.4, 0.5) is 0 Å². The molecule has 0 radical (unpaired) electrons. The standard InChI is InChI=1S/C7H10N2/c1-3-7-8-5-4-6-9(7)2/h3-6H,1-2H3. The number of nitrogens with zero attached hydrogens (tertiary/aromatic N) is 2. The Bertz CT molecular complexity index is 177. The Kier molecular flexibility index (Phi) is 1.68. The van der Waals surface area contributed by atoms with Crippen molar-refractivity contribution in [2.24, 2.45) is 4.99 Å². The van der Waals surface area contributed by atoms with E-state index >= 15 is 0 Å². The van der Waals surface area contributed by atoms with Gasteiger partial charge in [-0.05, 0) is 19.1 Å². The largest absolute Gasteiger partial charge is 0.336 e. The Labute approximate surface area is 55.2 Å². The Morgan fingerprint density at radius 2 is 2.44 bits per heavy atom. The summed E-state index contributed by atoms with van der Waals surface area (Å²) in [7, 11) is 1.97. The van der Waals surface area contributed by atoms with Gasteiger partial charge in [-0.3, -0.25) is 0 Å². The molecule has 0 saturated carbocycles. The van der Waals surface area contributed by atoms with Gasteiger partial charge < -0.3 is 4.90 Å². The first-order valence-corrected chi connectivity index (χ1v) is 2.94. The van der Waals surface area contributed by atoms with Crippen LogP contribution < -0.4 is 0 Å². The van der Waals surface area contributed by atoms with E-state index < -0.39 is 0 Å². The molecule has 1 aliphatic rings. The van der Waals surface area contributed by atoms with E-state index in [1.807, 2.05) is 37.2 Å². The van der Waals surface area contributed by atoms with Crippen LogP contribution in [0.5, 0.6) is 0 Å². The summed E-state index contributed by atoms with van der Waals surface area (Å²) in [5.41, 5.74) is 0. The van der Waals surface area contributed by atoms with Gasteiger partial charge in [0, 0.05) is 19.5 Å². The average molecular weight is 122 g/mol. The topological polar surface area (TPSA) is 15.6 Å². The second-order valence-corrected chi connectivity index (χ2v) is 1.88. The van der Waals surface area contributed by atoms with Crippen molar-refractivity contribution in [3.63, 3.8) is 0 Å². The average Bonchev–Trinajstić information content (AvgIpc) is 1.89. The second-order valence-electron chi connectivity index (χ2n) is 1.88. The fraction of sp³-hybridized carbons (Fsp3) is 0.286. The molecule has 0 fully saturated rings. The van der Waals surface area contributed by atoms with Crippen molar-refractivity contribution >= 4 is 6.21 Å². The zero-order valence-electron chi connectivity index (χ0n) is 5.70. The molecule has 1 aliphatic heterocycles. The van der Waals surface area contributed by atoms with E-state index in [0.29, 0.717) is 0 Å². The minimum absolute atomic E-state index is 0.998. The summed E-state index contributed by atoms with van der Waals surface area (Å²) in [6.45, 7) is 1.97. The van der Waals surface area contributed by atoms with Gasteiger partial charge in [-0.2, -0.15) is 0 Å². The summed E-state index contributed by atoms with van der Waals surface area (Å²) in [6.07, 6.45) is 7.64. The van der Waals surface area contributed by atoms with Crippen molar-refractivity contribution in [1.82, 2.24) is 4.90 Å². The van der Waals surface area contributed by atoms with Gasteiger partial charge in [-0.25, -0.2) is 4.99 Å². The van der Waals surface area contributed by atoms with Crippen LogP contribution in [-0.4, -0.2) is 18.2 Å². The molecular formula is C7H10N2. The Balaban J connectivity index is 2.78. The SMILES string of the molecule is CC=C1N=CC=CN1C. The minimum Gasteiger partial charge on any atom is -0.336 e. The third kappa shape index (κ3) is 1.19. The first kappa shape index (κ1) is 6.08. The molecule has 0 aliphatic carbocycles. The fourth-order valence-corrected chi connectivity index (χ4v) is 0.733. The minimum atomic E-state index is 0.998. The fourth-order valence-electron chi connectivity index (χ4n) is 0.733. The normalized spacial score (nSPS) is 21.6. The highest BCUT2D eigenvalue weighted by Crippen LogP contribution is 2.05. The van der Waals surface area contributed by atoms with Gasteiger partial charge in [0.15, 0.2) is 0 Å². The van der Waals surface area contributed by atoms with Crippen LogP contribution >= 0.6 is 0 Å². The molecule has 1 heterocycles. The van der Waals surface area contributed by atoms with E-state index in [9.17, 15) is 0 Å². The van der Waals surface area contributed by atoms with Crippen LogP contribution in [0.1, 0.15) is 6.92 Å². The van der Waals surface area contributed by atoms with Gasteiger partial charge in [-0.1, -0.05) is 0 Å². The smallest absolute Gasteiger partial charge is 0.127 e. The molecule has 0 atom stereocenters. The summed E-state index contributed by atoms with van der Waals surface area (Å²) in [6, 6.07) is 0. The molecule has 1 rings (SSSR count). The maximum atomic E-state index is 4.10. The van der Waals surface area contributed by atoms with Gasteiger partial charge in [-0.15, -0.1) is 0 Å². The van der Waals surface area contributed by atoms with Crippen molar-refractivity contribution < 1.29 is 0 Å². The van der Waals surface area contributed by atoms with Crippen molar-refractivity contribution in [1.29, 1.82) is 0 Å². The third-order valence-corrected chi connectivity index (χ3v) is 1.22. The van der Waals surface area contributed by atoms with Crippen molar-refractivity contribution in [2.75, 3.05) is 7.05 Å². The number of hydrogen-bond acceptors (Lipinski definition) is 2. The molecule has 0 saturated heterocycles. The van der Waals surface area contributed by atoms with E-state index in [4.69, 9.17) is 0 Å². The van der Waals surface area contributed by atoms with E-state index in [0.717, 1.165) is 5.82 Å². The zero-order valence-corrected chi connectivity index (χ0v) is 5.70. The number of allylic oxidation sites excluding steroid dienone is 2. The Hall–Kier alpha value is -1.05.